The average Bonchev–Trinajstić information content (AvgIpc) is 3.26. The molecule has 0 saturated carbocycles. The highest BCUT2D eigenvalue weighted by molar-refractivity contribution is 6.30. The lowest BCUT2D eigenvalue weighted by Crippen LogP contribution is -2.27. The molecule has 4 aromatic rings. The quantitative estimate of drug-likeness (QED) is 0.313. The van der Waals surface area contributed by atoms with Gasteiger partial charge in [-0.05, 0) is 48.5 Å². The predicted octanol–water partition coefficient (Wildman–Crippen LogP) is 4.77. The van der Waals surface area contributed by atoms with Gasteiger partial charge in [-0.15, -0.1) is 0 Å². The topological polar surface area (TPSA) is 83.8 Å². The van der Waals surface area contributed by atoms with Crippen molar-refractivity contribution in [1.29, 1.82) is 0 Å². The third kappa shape index (κ3) is 5.66. The van der Waals surface area contributed by atoms with Gasteiger partial charge in [-0.3, -0.25) is 4.79 Å². The summed E-state index contributed by atoms with van der Waals surface area (Å²) >= 11 is 5.95. The number of aromatic nitrogens is 2. The molecule has 0 aliphatic rings. The number of hydrogen-bond donors (Lipinski definition) is 1. The zero-order valence-electron chi connectivity index (χ0n) is 20.4. The van der Waals surface area contributed by atoms with Gasteiger partial charge in [0, 0.05) is 23.6 Å². The van der Waals surface area contributed by atoms with Crippen molar-refractivity contribution in [3.8, 4) is 23.0 Å². The molecule has 0 aliphatic carbocycles. The second-order valence-corrected chi connectivity index (χ2v) is 8.33. The lowest BCUT2D eigenvalue weighted by molar-refractivity contribution is 0.0953. The van der Waals surface area contributed by atoms with Crippen LogP contribution >= 0.6 is 11.6 Å². The smallest absolute Gasteiger partial charge is 0.251 e. The van der Waals surface area contributed by atoms with Crippen molar-refractivity contribution in [2.24, 2.45) is 0 Å². The monoisotopic (exact) mass is 509 g/mol. The van der Waals surface area contributed by atoms with Crippen LogP contribution in [0.5, 0.6) is 23.0 Å². The van der Waals surface area contributed by atoms with E-state index >= 15 is 0 Å². The summed E-state index contributed by atoms with van der Waals surface area (Å²) in [6.45, 7) is 1.48. The molecule has 1 heterocycles. The van der Waals surface area contributed by atoms with Crippen LogP contribution < -0.4 is 24.3 Å². The van der Waals surface area contributed by atoms with E-state index < -0.39 is 0 Å². The Morgan fingerprint density at radius 2 is 1.67 bits per heavy atom. The molecule has 0 unspecified atom stereocenters. The first-order valence-electron chi connectivity index (χ1n) is 11.4. The van der Waals surface area contributed by atoms with E-state index in [2.05, 4.69) is 9.88 Å². The largest absolute Gasteiger partial charge is 0.493 e. The van der Waals surface area contributed by atoms with E-state index in [1.165, 1.54) is 21.3 Å². The molecular weight excluding hydrogens is 482 g/mol. The average molecular weight is 510 g/mol. The molecule has 3 aromatic carbocycles. The first-order chi connectivity index (χ1) is 17.5. The number of nitrogens with one attached hydrogen (secondary N) is 1. The van der Waals surface area contributed by atoms with Crippen molar-refractivity contribution in [2.45, 2.75) is 13.0 Å². The molecule has 4 rings (SSSR count). The number of hydrogen-bond acceptors (Lipinski definition) is 6. The molecule has 188 valence electrons. The number of carbonyl (C=O) groups is 1. The summed E-state index contributed by atoms with van der Waals surface area (Å²) in [5, 5.41) is 3.62. The Labute approximate surface area is 214 Å². The Morgan fingerprint density at radius 1 is 0.972 bits per heavy atom. The summed E-state index contributed by atoms with van der Waals surface area (Å²) in [7, 11) is 4.55. The van der Waals surface area contributed by atoms with E-state index in [9.17, 15) is 4.79 Å². The number of halogens is 1. The lowest BCUT2D eigenvalue weighted by atomic mass is 10.1. The Morgan fingerprint density at radius 3 is 2.33 bits per heavy atom. The van der Waals surface area contributed by atoms with Gasteiger partial charge >= 0.3 is 0 Å². The molecule has 9 heteroatoms. The Bertz CT molecular complexity index is 1310. The first-order valence-corrected chi connectivity index (χ1v) is 11.8. The zero-order chi connectivity index (χ0) is 25.5. The third-order valence-corrected chi connectivity index (χ3v) is 5.94. The molecule has 0 bridgehead atoms. The number of carbonyl (C=O) groups excluding carboxylic acids is 1. The van der Waals surface area contributed by atoms with Gasteiger partial charge in [0.05, 0.1) is 38.9 Å². The minimum absolute atomic E-state index is 0.247. The number of imidazole rings is 1. The van der Waals surface area contributed by atoms with Gasteiger partial charge < -0.3 is 28.8 Å². The standard InChI is InChI=1S/C27H28ClN3O5/c1-33-23-16-18(17-24(34-2)26(23)35-3)27(32)29-13-12-25-30-21-6-4-5-7-22(21)31(25)14-15-36-20-10-8-19(28)9-11-20/h4-11,16-17H,12-15H2,1-3H3,(H,29,32). The van der Waals surface area contributed by atoms with Gasteiger partial charge in [-0.2, -0.15) is 0 Å². The van der Waals surface area contributed by atoms with Crippen molar-refractivity contribution in [3.63, 3.8) is 0 Å². The van der Waals surface area contributed by atoms with Crippen molar-refractivity contribution in [2.75, 3.05) is 34.5 Å². The van der Waals surface area contributed by atoms with Crippen molar-refractivity contribution >= 4 is 28.5 Å². The predicted molar refractivity (Wildman–Crippen MR) is 139 cm³/mol. The van der Waals surface area contributed by atoms with Crippen LogP contribution in [0.1, 0.15) is 16.2 Å². The van der Waals surface area contributed by atoms with Crippen molar-refractivity contribution < 1.29 is 23.7 Å². The molecule has 0 radical (unpaired) electrons. The number of fused-ring (bicyclic) bond motifs is 1. The van der Waals surface area contributed by atoms with Crippen LogP contribution in [0.3, 0.4) is 0 Å². The van der Waals surface area contributed by atoms with E-state index in [0.29, 0.717) is 54.0 Å². The molecule has 0 atom stereocenters. The van der Waals surface area contributed by atoms with Crippen molar-refractivity contribution in [3.05, 3.63) is 77.1 Å². The normalized spacial score (nSPS) is 10.8. The van der Waals surface area contributed by atoms with E-state index in [0.717, 1.165) is 22.6 Å². The SMILES string of the molecule is COc1cc(C(=O)NCCc2nc3ccccc3n2CCOc2ccc(Cl)cc2)cc(OC)c1OC. The highest BCUT2D eigenvalue weighted by atomic mass is 35.5. The number of para-hydroxylation sites is 2. The molecule has 1 aromatic heterocycles. The van der Waals surface area contributed by atoms with E-state index in [1.807, 2.05) is 36.4 Å². The van der Waals surface area contributed by atoms with E-state index in [-0.39, 0.29) is 5.91 Å². The maximum atomic E-state index is 12.9. The summed E-state index contributed by atoms with van der Waals surface area (Å²) < 4.78 is 24.0. The number of nitrogens with zero attached hydrogens (tertiary/aromatic N) is 2. The number of ether oxygens (including phenoxy) is 4. The fourth-order valence-corrected chi connectivity index (χ4v) is 4.08. The first kappa shape index (κ1) is 25.2. The maximum absolute atomic E-state index is 12.9. The molecule has 0 aliphatic heterocycles. The second-order valence-electron chi connectivity index (χ2n) is 7.89. The lowest BCUT2D eigenvalue weighted by Gasteiger charge is -2.14. The molecule has 0 fully saturated rings. The highest BCUT2D eigenvalue weighted by Crippen LogP contribution is 2.38. The van der Waals surface area contributed by atoms with E-state index in [1.54, 1.807) is 24.3 Å². The molecule has 8 nitrogen and oxygen atoms in total. The summed E-state index contributed by atoms with van der Waals surface area (Å²) in [5.41, 5.74) is 2.33. The fourth-order valence-electron chi connectivity index (χ4n) is 3.95. The van der Waals surface area contributed by atoms with Crippen LogP contribution in [0.4, 0.5) is 0 Å². The molecule has 0 spiro atoms. The third-order valence-electron chi connectivity index (χ3n) is 5.69. The number of amides is 1. The van der Waals surface area contributed by atoms with Crippen LogP contribution in [0.15, 0.2) is 60.7 Å². The Balaban J connectivity index is 1.44. The van der Waals surface area contributed by atoms with Crippen LogP contribution in [0, 0.1) is 0 Å². The highest BCUT2D eigenvalue weighted by Gasteiger charge is 2.17. The maximum Gasteiger partial charge on any atom is 0.251 e. The van der Waals surface area contributed by atoms with Crippen LogP contribution in [-0.2, 0) is 13.0 Å². The van der Waals surface area contributed by atoms with Crippen LogP contribution in [0.2, 0.25) is 5.02 Å². The van der Waals surface area contributed by atoms with Crippen LogP contribution in [-0.4, -0.2) is 49.9 Å². The fraction of sp³-hybridized carbons (Fsp3) is 0.259. The second kappa shape index (κ2) is 11.7. The molecular formula is C27H28ClN3O5. The van der Waals surface area contributed by atoms with E-state index in [4.69, 9.17) is 35.5 Å². The number of benzene rings is 3. The minimum Gasteiger partial charge on any atom is -0.493 e. The molecule has 1 amide bonds. The minimum atomic E-state index is -0.247. The van der Waals surface area contributed by atoms with Gasteiger partial charge in [0.1, 0.15) is 18.2 Å². The molecule has 36 heavy (non-hydrogen) atoms. The van der Waals surface area contributed by atoms with Gasteiger partial charge in [-0.25, -0.2) is 4.98 Å². The summed E-state index contributed by atoms with van der Waals surface area (Å²) in [6.07, 6.45) is 0.547. The van der Waals surface area contributed by atoms with Gasteiger partial charge in [0.25, 0.3) is 5.91 Å². The summed E-state index contributed by atoms with van der Waals surface area (Å²) in [6, 6.07) is 18.5. The zero-order valence-corrected chi connectivity index (χ0v) is 21.2. The van der Waals surface area contributed by atoms with Gasteiger partial charge in [-0.1, -0.05) is 23.7 Å². The Kier molecular flexibility index (Phi) is 8.17. The van der Waals surface area contributed by atoms with Crippen molar-refractivity contribution in [1.82, 2.24) is 14.9 Å². The van der Waals surface area contributed by atoms with Gasteiger partial charge in [0.2, 0.25) is 5.75 Å². The van der Waals surface area contributed by atoms with Crippen LogP contribution in [0.25, 0.3) is 11.0 Å². The van der Waals surface area contributed by atoms with Gasteiger partial charge in [0.15, 0.2) is 11.5 Å². The number of methoxy groups -OCH3 is 3. The number of rotatable bonds is 11. The summed E-state index contributed by atoms with van der Waals surface area (Å²) in [5.74, 6) is 2.65. The Hall–Kier alpha value is -3.91. The summed E-state index contributed by atoms with van der Waals surface area (Å²) in [4.78, 5) is 17.6. The molecule has 0 saturated heterocycles. The molecule has 1 N–H and O–H groups in total.